The smallest absolute Gasteiger partial charge is 0.283 e. The van der Waals surface area contributed by atoms with E-state index in [-0.39, 0.29) is 22.8 Å². The lowest BCUT2D eigenvalue weighted by atomic mass is 9.98. The van der Waals surface area contributed by atoms with E-state index in [4.69, 9.17) is 5.73 Å². The Bertz CT molecular complexity index is 885. The van der Waals surface area contributed by atoms with Crippen LogP contribution in [0, 0.1) is 15.9 Å². The van der Waals surface area contributed by atoms with E-state index in [1.165, 1.54) is 36.7 Å². The molecule has 23 heavy (non-hydrogen) atoms. The number of nitrogen functional groups attached to an aromatic ring is 1. The highest BCUT2D eigenvalue weighted by Gasteiger charge is 2.23. The van der Waals surface area contributed by atoms with E-state index in [1.807, 2.05) is 0 Å². The molecular weight excluding hydrogens is 299 g/mol. The van der Waals surface area contributed by atoms with E-state index in [9.17, 15) is 14.5 Å². The minimum Gasteiger partial charge on any atom is -0.383 e. The molecule has 0 aliphatic carbocycles. The fourth-order valence-corrected chi connectivity index (χ4v) is 2.34. The lowest BCUT2D eigenvalue weighted by Gasteiger charge is -2.11. The van der Waals surface area contributed by atoms with Gasteiger partial charge in [-0.15, -0.1) is 0 Å². The molecule has 0 aliphatic heterocycles. The van der Waals surface area contributed by atoms with Gasteiger partial charge in [-0.2, -0.15) is 0 Å². The molecule has 0 amide bonds. The maximum atomic E-state index is 13.5. The van der Waals surface area contributed by atoms with Crippen molar-refractivity contribution in [1.29, 1.82) is 0 Å². The van der Waals surface area contributed by atoms with E-state index < -0.39 is 10.7 Å². The Morgan fingerprint density at radius 2 is 1.83 bits per heavy atom. The standard InChI is InChI=1S/C16H11FN4O2/c17-12-3-1-2-11(8-12)16-15(10-4-6-19-7-5-10)13(21(22)23)9-14(18)20-16/h1-9H,(H2,18,20). The van der Waals surface area contributed by atoms with Crippen LogP contribution in [0.25, 0.3) is 22.4 Å². The first-order chi connectivity index (χ1) is 11.1. The van der Waals surface area contributed by atoms with Gasteiger partial charge in [-0.25, -0.2) is 9.37 Å². The number of nitrogens with zero attached hydrogens (tertiary/aromatic N) is 3. The predicted molar refractivity (Wildman–Crippen MR) is 83.9 cm³/mol. The first-order valence-corrected chi connectivity index (χ1v) is 6.67. The molecule has 0 fully saturated rings. The molecule has 2 N–H and O–H groups in total. The van der Waals surface area contributed by atoms with Crippen molar-refractivity contribution in [3.8, 4) is 22.4 Å². The zero-order valence-electron chi connectivity index (χ0n) is 11.8. The van der Waals surface area contributed by atoms with E-state index in [0.717, 1.165) is 0 Å². The van der Waals surface area contributed by atoms with Crippen LogP contribution in [0.15, 0.2) is 54.9 Å². The summed E-state index contributed by atoms with van der Waals surface area (Å²) in [5.74, 6) is -0.469. The van der Waals surface area contributed by atoms with Crippen molar-refractivity contribution in [2.24, 2.45) is 0 Å². The molecule has 0 saturated heterocycles. The average molecular weight is 310 g/mol. The van der Waals surface area contributed by atoms with Gasteiger partial charge in [0, 0.05) is 18.0 Å². The van der Waals surface area contributed by atoms with Gasteiger partial charge in [-0.3, -0.25) is 15.1 Å². The number of nitrogens with two attached hydrogens (primary N) is 1. The van der Waals surface area contributed by atoms with Crippen LogP contribution in [0.5, 0.6) is 0 Å². The molecule has 0 saturated carbocycles. The van der Waals surface area contributed by atoms with Gasteiger partial charge in [0.15, 0.2) is 0 Å². The van der Waals surface area contributed by atoms with Crippen LogP contribution in [-0.2, 0) is 0 Å². The van der Waals surface area contributed by atoms with Gasteiger partial charge in [0.25, 0.3) is 5.69 Å². The van der Waals surface area contributed by atoms with Gasteiger partial charge in [-0.1, -0.05) is 12.1 Å². The maximum absolute atomic E-state index is 13.5. The molecule has 3 aromatic rings. The molecule has 0 unspecified atom stereocenters. The zero-order valence-corrected chi connectivity index (χ0v) is 11.8. The molecule has 0 atom stereocenters. The number of pyridine rings is 2. The van der Waals surface area contributed by atoms with Crippen LogP contribution >= 0.6 is 0 Å². The van der Waals surface area contributed by atoms with Crippen LogP contribution in [0.2, 0.25) is 0 Å². The molecule has 2 heterocycles. The number of halogens is 1. The minimum atomic E-state index is -0.531. The Morgan fingerprint density at radius 1 is 1.09 bits per heavy atom. The summed E-state index contributed by atoms with van der Waals surface area (Å²) in [7, 11) is 0. The summed E-state index contributed by atoms with van der Waals surface area (Å²) in [6, 6.07) is 10.1. The van der Waals surface area contributed by atoms with Crippen molar-refractivity contribution < 1.29 is 9.31 Å². The Labute approximate surface area is 130 Å². The average Bonchev–Trinajstić information content (AvgIpc) is 2.54. The van der Waals surface area contributed by atoms with Crippen LogP contribution < -0.4 is 5.73 Å². The van der Waals surface area contributed by atoms with Gasteiger partial charge in [-0.05, 0) is 29.8 Å². The summed E-state index contributed by atoms with van der Waals surface area (Å²) < 4.78 is 13.5. The molecule has 6 nitrogen and oxygen atoms in total. The number of hydrogen-bond donors (Lipinski definition) is 1. The molecule has 0 spiro atoms. The van der Waals surface area contributed by atoms with Crippen molar-refractivity contribution in [3.05, 3.63) is 70.8 Å². The number of nitro groups is 1. The third-order valence-corrected chi connectivity index (χ3v) is 3.28. The number of aromatic nitrogens is 2. The molecule has 0 aliphatic rings. The predicted octanol–water partition coefficient (Wildman–Crippen LogP) is 3.44. The Hall–Kier alpha value is -3.35. The van der Waals surface area contributed by atoms with Crippen LogP contribution in [0.1, 0.15) is 0 Å². The van der Waals surface area contributed by atoms with Crippen molar-refractivity contribution >= 4 is 11.5 Å². The summed E-state index contributed by atoms with van der Waals surface area (Å²) in [5.41, 5.74) is 7.00. The van der Waals surface area contributed by atoms with Gasteiger partial charge in [0.1, 0.15) is 11.6 Å². The Balaban J connectivity index is 2.37. The molecule has 114 valence electrons. The third-order valence-electron chi connectivity index (χ3n) is 3.28. The first-order valence-electron chi connectivity index (χ1n) is 6.67. The second-order valence-electron chi connectivity index (χ2n) is 4.79. The van der Waals surface area contributed by atoms with E-state index in [0.29, 0.717) is 11.1 Å². The van der Waals surface area contributed by atoms with Gasteiger partial charge in [0.05, 0.1) is 22.2 Å². The molecule has 0 radical (unpaired) electrons. The van der Waals surface area contributed by atoms with Crippen LogP contribution in [-0.4, -0.2) is 14.9 Å². The third kappa shape index (κ3) is 2.84. The SMILES string of the molecule is Nc1cc([N+](=O)[O-])c(-c2ccncc2)c(-c2cccc(F)c2)n1. The second kappa shape index (κ2) is 5.80. The lowest BCUT2D eigenvalue weighted by molar-refractivity contribution is -0.384. The van der Waals surface area contributed by atoms with Crippen LogP contribution in [0.4, 0.5) is 15.9 Å². The summed E-state index contributed by atoms with van der Waals surface area (Å²) in [5, 5.41) is 11.4. The Kier molecular flexibility index (Phi) is 3.68. The van der Waals surface area contributed by atoms with Crippen molar-refractivity contribution in [2.75, 3.05) is 5.73 Å². The lowest BCUT2D eigenvalue weighted by Crippen LogP contribution is -2.01. The fraction of sp³-hybridized carbons (Fsp3) is 0. The van der Waals surface area contributed by atoms with E-state index in [2.05, 4.69) is 9.97 Å². The number of rotatable bonds is 3. The number of anilines is 1. The second-order valence-corrected chi connectivity index (χ2v) is 4.79. The molecule has 7 heteroatoms. The van der Waals surface area contributed by atoms with Crippen LogP contribution in [0.3, 0.4) is 0 Å². The molecule has 2 aromatic heterocycles. The fourth-order valence-electron chi connectivity index (χ4n) is 2.34. The quantitative estimate of drug-likeness (QED) is 0.590. The molecular formula is C16H11FN4O2. The zero-order chi connectivity index (χ0) is 16.4. The highest BCUT2D eigenvalue weighted by atomic mass is 19.1. The molecule has 0 bridgehead atoms. The van der Waals surface area contributed by atoms with Gasteiger partial charge in [0.2, 0.25) is 0 Å². The molecule has 1 aromatic carbocycles. The van der Waals surface area contributed by atoms with Crippen molar-refractivity contribution in [1.82, 2.24) is 9.97 Å². The summed E-state index contributed by atoms with van der Waals surface area (Å²) in [4.78, 5) is 19.0. The van der Waals surface area contributed by atoms with Crippen molar-refractivity contribution in [3.63, 3.8) is 0 Å². The topological polar surface area (TPSA) is 94.9 Å². The highest BCUT2D eigenvalue weighted by Crippen LogP contribution is 2.38. The molecule has 3 rings (SSSR count). The normalized spacial score (nSPS) is 10.5. The van der Waals surface area contributed by atoms with Crippen molar-refractivity contribution in [2.45, 2.75) is 0 Å². The minimum absolute atomic E-state index is 0.00577. The number of benzene rings is 1. The maximum Gasteiger partial charge on any atom is 0.283 e. The van der Waals surface area contributed by atoms with E-state index in [1.54, 1.807) is 18.2 Å². The Morgan fingerprint density at radius 3 is 2.48 bits per heavy atom. The van der Waals surface area contributed by atoms with E-state index >= 15 is 0 Å². The summed E-state index contributed by atoms with van der Waals surface area (Å²) in [6.45, 7) is 0. The highest BCUT2D eigenvalue weighted by molar-refractivity contribution is 5.88. The first kappa shape index (κ1) is 14.6. The largest absolute Gasteiger partial charge is 0.383 e. The number of hydrogen-bond acceptors (Lipinski definition) is 5. The summed E-state index contributed by atoms with van der Waals surface area (Å²) in [6.07, 6.45) is 3.04. The van der Waals surface area contributed by atoms with Gasteiger partial charge < -0.3 is 5.73 Å². The monoisotopic (exact) mass is 310 g/mol. The summed E-state index contributed by atoms with van der Waals surface area (Å²) >= 11 is 0. The van der Waals surface area contributed by atoms with Gasteiger partial charge >= 0.3 is 0 Å².